The van der Waals surface area contributed by atoms with Gasteiger partial charge in [-0.2, -0.15) is 15.4 Å². The van der Waals surface area contributed by atoms with Crippen molar-refractivity contribution in [2.24, 2.45) is 0 Å². The Balaban J connectivity index is 2.17. The summed E-state index contributed by atoms with van der Waals surface area (Å²) in [5.74, 6) is 0.485. The van der Waals surface area contributed by atoms with E-state index in [0.29, 0.717) is 16.8 Å². The van der Waals surface area contributed by atoms with Crippen molar-refractivity contribution >= 4 is 11.0 Å². The van der Waals surface area contributed by atoms with Crippen LogP contribution in [0.3, 0.4) is 0 Å². The minimum absolute atomic E-state index is 0.0725. The van der Waals surface area contributed by atoms with Gasteiger partial charge in [0.25, 0.3) is 0 Å². The van der Waals surface area contributed by atoms with Crippen LogP contribution in [0, 0.1) is 12.5 Å². The second-order valence-corrected chi connectivity index (χ2v) is 3.90. The number of benzene rings is 2. The number of nitrogens with one attached hydrogen (secondary N) is 1. The molecule has 2 aromatic carbocycles. The average Bonchev–Trinajstić information content (AvgIpc) is 2.88. The number of aromatic nitrogens is 3. The van der Waals surface area contributed by atoms with Gasteiger partial charge in [0.1, 0.15) is 28.6 Å². The summed E-state index contributed by atoms with van der Waals surface area (Å²) in [4.78, 5) is 0. The molecule has 0 atom stereocenters. The third-order valence-electron chi connectivity index (χ3n) is 2.78. The van der Waals surface area contributed by atoms with Crippen LogP contribution in [0.25, 0.3) is 22.2 Å². The molecular formula is C14H9N3O2. The topological polar surface area (TPSA) is 71.0 Å². The maximum atomic E-state index is 10.1. The Kier molecular flexibility index (Phi) is 2.54. The highest BCUT2D eigenvalue weighted by atomic mass is 16.5. The molecule has 19 heavy (non-hydrogen) atoms. The number of aromatic amines is 1. The van der Waals surface area contributed by atoms with Crippen LogP contribution in [0.15, 0.2) is 36.4 Å². The van der Waals surface area contributed by atoms with E-state index in [1.807, 2.05) is 18.2 Å². The molecule has 5 nitrogen and oxygen atoms in total. The molecule has 0 spiro atoms. The van der Waals surface area contributed by atoms with Gasteiger partial charge in [-0.15, -0.1) is 0 Å². The summed E-state index contributed by atoms with van der Waals surface area (Å²) in [6, 6.07) is 10.4. The number of ether oxygens (including phenoxy) is 1. The minimum atomic E-state index is 0.0725. The molecule has 0 amide bonds. The van der Waals surface area contributed by atoms with Gasteiger partial charge >= 0.3 is 0 Å². The second-order valence-electron chi connectivity index (χ2n) is 3.90. The van der Waals surface area contributed by atoms with Crippen LogP contribution in [0.1, 0.15) is 0 Å². The lowest BCUT2D eigenvalue weighted by atomic mass is 10.0. The molecule has 0 bridgehead atoms. The zero-order valence-corrected chi connectivity index (χ0v) is 9.79. The van der Waals surface area contributed by atoms with Crippen LogP contribution in [0.2, 0.25) is 0 Å². The summed E-state index contributed by atoms with van der Waals surface area (Å²) < 4.78 is 4.88. The predicted octanol–water partition coefficient (Wildman–Crippen LogP) is 2.30. The quantitative estimate of drug-likeness (QED) is 0.685. The summed E-state index contributed by atoms with van der Waals surface area (Å²) in [6.07, 6.45) is 7.10. The molecule has 0 aliphatic carbocycles. The fraction of sp³-hybridized carbons (Fsp3) is 0. The lowest BCUT2D eigenvalue weighted by Gasteiger charge is -2.06. The van der Waals surface area contributed by atoms with Crippen molar-refractivity contribution in [3.8, 4) is 35.2 Å². The molecule has 0 radical (unpaired) electrons. The molecule has 0 saturated carbocycles. The maximum Gasteiger partial charge on any atom is 0.143 e. The average molecular weight is 251 g/mol. The van der Waals surface area contributed by atoms with Crippen molar-refractivity contribution in [1.29, 1.82) is 0 Å². The number of rotatable bonds is 2. The number of phenolic OH excluding ortho intramolecular Hbond substituents is 1. The number of hydrogen-bond donors (Lipinski definition) is 2. The SMILES string of the molecule is C#COc1ccc(-c2cccc3n[nH]nc23)c(O)c1. The molecule has 0 aliphatic heterocycles. The zero-order chi connectivity index (χ0) is 13.2. The van der Waals surface area contributed by atoms with Crippen LogP contribution < -0.4 is 4.74 Å². The van der Waals surface area contributed by atoms with Gasteiger partial charge in [0.15, 0.2) is 0 Å². The van der Waals surface area contributed by atoms with Crippen LogP contribution in [-0.4, -0.2) is 20.5 Å². The highest BCUT2D eigenvalue weighted by Crippen LogP contribution is 2.35. The highest BCUT2D eigenvalue weighted by molar-refractivity contribution is 5.93. The first-order valence-electron chi connectivity index (χ1n) is 5.55. The van der Waals surface area contributed by atoms with Crippen molar-refractivity contribution < 1.29 is 9.84 Å². The van der Waals surface area contributed by atoms with Gasteiger partial charge < -0.3 is 9.84 Å². The molecule has 0 unspecified atom stereocenters. The van der Waals surface area contributed by atoms with Crippen LogP contribution in [0.4, 0.5) is 0 Å². The highest BCUT2D eigenvalue weighted by Gasteiger charge is 2.11. The Hall–Kier alpha value is -3.00. The summed E-state index contributed by atoms with van der Waals surface area (Å²) >= 11 is 0. The molecule has 3 aromatic rings. The van der Waals surface area contributed by atoms with Gasteiger partial charge in [-0.1, -0.05) is 18.6 Å². The number of hydrogen-bond acceptors (Lipinski definition) is 4. The van der Waals surface area contributed by atoms with E-state index in [1.165, 1.54) is 6.07 Å². The van der Waals surface area contributed by atoms with Crippen molar-refractivity contribution in [2.75, 3.05) is 0 Å². The predicted molar refractivity (Wildman–Crippen MR) is 70.5 cm³/mol. The lowest BCUT2D eigenvalue weighted by Crippen LogP contribution is -1.85. The zero-order valence-electron chi connectivity index (χ0n) is 9.79. The molecule has 1 heterocycles. The molecule has 0 fully saturated rings. The molecule has 5 heteroatoms. The number of nitrogens with zero attached hydrogens (tertiary/aromatic N) is 2. The summed E-state index contributed by atoms with van der Waals surface area (Å²) in [5.41, 5.74) is 2.86. The van der Waals surface area contributed by atoms with E-state index in [1.54, 1.807) is 12.1 Å². The van der Waals surface area contributed by atoms with Gasteiger partial charge in [-0.25, -0.2) is 0 Å². The van der Waals surface area contributed by atoms with Crippen LogP contribution in [-0.2, 0) is 0 Å². The number of fused-ring (bicyclic) bond motifs is 1. The van der Waals surface area contributed by atoms with Crippen molar-refractivity contribution in [3.05, 3.63) is 36.4 Å². The van der Waals surface area contributed by atoms with Crippen molar-refractivity contribution in [2.45, 2.75) is 0 Å². The van der Waals surface area contributed by atoms with Gasteiger partial charge in [-0.05, 0) is 18.2 Å². The number of terminal acetylenes is 1. The number of para-hydroxylation sites is 1. The lowest BCUT2D eigenvalue weighted by molar-refractivity contribution is 0.467. The first kappa shape index (κ1) is 11.1. The van der Waals surface area contributed by atoms with Gasteiger partial charge in [0, 0.05) is 17.2 Å². The molecule has 3 rings (SSSR count). The van der Waals surface area contributed by atoms with E-state index in [2.05, 4.69) is 21.5 Å². The molecule has 1 aromatic heterocycles. The first-order valence-corrected chi connectivity index (χ1v) is 5.55. The summed E-state index contributed by atoms with van der Waals surface area (Å²) in [5, 5.41) is 20.7. The van der Waals surface area contributed by atoms with Crippen LogP contribution in [0.5, 0.6) is 11.5 Å². The van der Waals surface area contributed by atoms with E-state index < -0.39 is 0 Å². The van der Waals surface area contributed by atoms with Gasteiger partial charge in [0.2, 0.25) is 0 Å². The van der Waals surface area contributed by atoms with E-state index in [-0.39, 0.29) is 5.75 Å². The minimum Gasteiger partial charge on any atom is -0.507 e. The maximum absolute atomic E-state index is 10.1. The number of H-pyrrole nitrogens is 1. The normalized spacial score (nSPS) is 10.3. The Bertz CT molecular complexity index is 787. The molecule has 0 saturated heterocycles. The summed E-state index contributed by atoms with van der Waals surface area (Å²) in [7, 11) is 0. The van der Waals surface area contributed by atoms with Crippen molar-refractivity contribution in [3.63, 3.8) is 0 Å². The Morgan fingerprint density at radius 2 is 2.05 bits per heavy atom. The van der Waals surface area contributed by atoms with Crippen LogP contribution >= 0.6 is 0 Å². The van der Waals surface area contributed by atoms with E-state index >= 15 is 0 Å². The van der Waals surface area contributed by atoms with Crippen molar-refractivity contribution in [1.82, 2.24) is 15.4 Å². The molecular weight excluding hydrogens is 242 g/mol. The number of aromatic hydroxyl groups is 1. The van der Waals surface area contributed by atoms with E-state index in [9.17, 15) is 5.11 Å². The third-order valence-corrected chi connectivity index (χ3v) is 2.78. The first-order chi connectivity index (χ1) is 9.29. The molecule has 0 aliphatic rings. The third kappa shape index (κ3) is 1.85. The van der Waals surface area contributed by atoms with Gasteiger partial charge in [0.05, 0.1) is 0 Å². The molecule has 2 N–H and O–H groups in total. The monoisotopic (exact) mass is 251 g/mol. The molecule has 92 valence electrons. The van der Waals surface area contributed by atoms with E-state index in [0.717, 1.165) is 11.1 Å². The second kappa shape index (κ2) is 4.35. The fourth-order valence-corrected chi connectivity index (χ4v) is 1.96. The van der Waals surface area contributed by atoms with Gasteiger partial charge in [-0.3, -0.25) is 0 Å². The summed E-state index contributed by atoms with van der Waals surface area (Å²) in [6.45, 7) is 0. The number of phenols is 1. The Labute approximate surface area is 108 Å². The Morgan fingerprint density at radius 3 is 2.84 bits per heavy atom. The smallest absolute Gasteiger partial charge is 0.143 e. The Morgan fingerprint density at radius 1 is 1.16 bits per heavy atom. The fourth-order valence-electron chi connectivity index (χ4n) is 1.96. The standard InChI is InChI=1S/C14H9N3O2/c1-2-19-9-6-7-10(13(18)8-9)11-4-3-5-12-14(11)16-17-15-12/h1,3-8,18H,(H,15,16,17). The largest absolute Gasteiger partial charge is 0.507 e. The van der Waals surface area contributed by atoms with E-state index in [4.69, 9.17) is 11.2 Å².